The summed E-state index contributed by atoms with van der Waals surface area (Å²) < 4.78 is 0. The summed E-state index contributed by atoms with van der Waals surface area (Å²) in [5, 5.41) is 5.45. The fourth-order valence-electron chi connectivity index (χ4n) is 1.79. The Labute approximate surface area is 132 Å². The van der Waals surface area contributed by atoms with E-state index < -0.39 is 6.04 Å². The molecule has 5 nitrogen and oxygen atoms in total. The van der Waals surface area contributed by atoms with Gasteiger partial charge in [0.15, 0.2) is 0 Å². The first-order valence-corrected chi connectivity index (χ1v) is 6.85. The summed E-state index contributed by atoms with van der Waals surface area (Å²) in [4.78, 5) is 23.2. The van der Waals surface area contributed by atoms with Crippen LogP contribution in [0.15, 0.2) is 30.3 Å². The van der Waals surface area contributed by atoms with Gasteiger partial charge in [0.05, 0.1) is 6.04 Å². The predicted molar refractivity (Wildman–Crippen MR) is 86.3 cm³/mol. The Morgan fingerprint density at radius 2 is 1.81 bits per heavy atom. The summed E-state index contributed by atoms with van der Waals surface area (Å²) in [6, 6.07) is 9.13. The summed E-state index contributed by atoms with van der Waals surface area (Å²) in [6.45, 7) is 4.10. The Kier molecular flexibility index (Phi) is 9.41. The number of nitrogens with two attached hydrogens (primary N) is 1. The van der Waals surface area contributed by atoms with Gasteiger partial charge in [-0.3, -0.25) is 9.59 Å². The van der Waals surface area contributed by atoms with Gasteiger partial charge < -0.3 is 16.4 Å². The van der Waals surface area contributed by atoms with Gasteiger partial charge in [0, 0.05) is 19.0 Å². The lowest BCUT2D eigenvalue weighted by Crippen LogP contribution is -2.43. The molecule has 0 aliphatic heterocycles. The molecule has 118 valence electrons. The number of nitrogens with one attached hydrogen (secondary N) is 2. The minimum atomic E-state index is -0.592. The third kappa shape index (κ3) is 8.32. The van der Waals surface area contributed by atoms with Crippen LogP contribution in [0.1, 0.15) is 25.8 Å². The van der Waals surface area contributed by atoms with Crippen molar-refractivity contribution < 1.29 is 9.59 Å². The molecule has 1 rings (SSSR count). The molecule has 0 spiro atoms. The Morgan fingerprint density at radius 1 is 1.19 bits per heavy atom. The highest BCUT2D eigenvalue weighted by molar-refractivity contribution is 5.85. The maximum Gasteiger partial charge on any atom is 0.237 e. The molecule has 0 fully saturated rings. The van der Waals surface area contributed by atoms with Crippen LogP contribution < -0.4 is 16.4 Å². The molecule has 0 aromatic heterocycles. The number of hydrogen-bond acceptors (Lipinski definition) is 3. The maximum atomic E-state index is 11.8. The van der Waals surface area contributed by atoms with Crippen LogP contribution >= 0.6 is 12.4 Å². The number of carbonyl (C=O) groups is 2. The molecule has 0 bridgehead atoms. The van der Waals surface area contributed by atoms with Crippen LogP contribution in [0.25, 0.3) is 0 Å². The molecule has 0 saturated heterocycles. The summed E-state index contributed by atoms with van der Waals surface area (Å²) in [7, 11) is 0. The fraction of sp³-hybridized carbons (Fsp3) is 0.467. The van der Waals surface area contributed by atoms with Crippen molar-refractivity contribution in [1.82, 2.24) is 10.6 Å². The number of halogens is 1. The van der Waals surface area contributed by atoms with Gasteiger partial charge in [-0.1, -0.05) is 30.3 Å². The first-order valence-electron chi connectivity index (χ1n) is 6.85. The summed E-state index contributed by atoms with van der Waals surface area (Å²) in [5.74, 6) is -0.303. The normalized spacial score (nSPS) is 11.4. The van der Waals surface area contributed by atoms with Crippen molar-refractivity contribution in [3.8, 4) is 0 Å². The van der Waals surface area contributed by atoms with E-state index >= 15 is 0 Å². The average molecular weight is 314 g/mol. The lowest BCUT2D eigenvalue weighted by atomic mass is 10.1. The van der Waals surface area contributed by atoms with Crippen molar-refractivity contribution in [2.75, 3.05) is 6.54 Å². The lowest BCUT2D eigenvalue weighted by molar-refractivity contribution is -0.123. The number of carbonyl (C=O) groups excluding carboxylic acids is 2. The van der Waals surface area contributed by atoms with E-state index in [1.165, 1.54) is 0 Å². The molecule has 2 amide bonds. The monoisotopic (exact) mass is 313 g/mol. The summed E-state index contributed by atoms with van der Waals surface area (Å²) in [6.07, 6.45) is 0.757. The average Bonchev–Trinajstić information content (AvgIpc) is 2.38. The topological polar surface area (TPSA) is 84.2 Å². The van der Waals surface area contributed by atoms with Gasteiger partial charge in [-0.05, 0) is 25.8 Å². The molecule has 0 radical (unpaired) electrons. The zero-order chi connectivity index (χ0) is 15.0. The van der Waals surface area contributed by atoms with Crippen molar-refractivity contribution in [1.29, 1.82) is 0 Å². The highest BCUT2D eigenvalue weighted by Crippen LogP contribution is 2.01. The summed E-state index contributed by atoms with van der Waals surface area (Å²) >= 11 is 0. The van der Waals surface area contributed by atoms with Crippen molar-refractivity contribution >= 4 is 24.2 Å². The summed E-state index contributed by atoms with van der Waals surface area (Å²) in [5.41, 5.74) is 6.86. The quantitative estimate of drug-likeness (QED) is 0.702. The third-order valence-corrected chi connectivity index (χ3v) is 2.74. The highest BCUT2D eigenvalue weighted by atomic mass is 35.5. The Bertz CT molecular complexity index is 438. The zero-order valence-electron chi connectivity index (χ0n) is 12.5. The van der Waals surface area contributed by atoms with Crippen LogP contribution in [0.3, 0.4) is 0 Å². The van der Waals surface area contributed by atoms with Crippen LogP contribution in [-0.4, -0.2) is 30.4 Å². The molecule has 1 aromatic carbocycles. The zero-order valence-corrected chi connectivity index (χ0v) is 13.3. The Balaban J connectivity index is 0.00000400. The molecular weight excluding hydrogens is 290 g/mol. The second-order valence-electron chi connectivity index (χ2n) is 5.06. The highest BCUT2D eigenvalue weighted by Gasteiger charge is 2.14. The first-order chi connectivity index (χ1) is 9.49. The van der Waals surface area contributed by atoms with Gasteiger partial charge in [0.1, 0.15) is 0 Å². The Hall–Kier alpha value is -1.59. The minimum absolute atomic E-state index is 0. The molecule has 0 saturated carbocycles. The van der Waals surface area contributed by atoms with Crippen LogP contribution in [0.5, 0.6) is 0 Å². The van der Waals surface area contributed by atoms with E-state index in [1.54, 1.807) is 0 Å². The van der Waals surface area contributed by atoms with E-state index in [1.807, 2.05) is 44.2 Å². The predicted octanol–water partition coefficient (Wildman–Crippen LogP) is 1.01. The first kappa shape index (κ1) is 19.4. The maximum absolute atomic E-state index is 11.8. The van der Waals surface area contributed by atoms with Crippen LogP contribution in [0.4, 0.5) is 0 Å². The molecule has 1 atom stereocenters. The number of benzene rings is 1. The molecule has 1 unspecified atom stereocenters. The van der Waals surface area contributed by atoms with Gasteiger partial charge in [0.25, 0.3) is 0 Å². The van der Waals surface area contributed by atoms with Crippen molar-refractivity contribution in [3.05, 3.63) is 35.9 Å². The number of amides is 2. The van der Waals surface area contributed by atoms with Crippen molar-refractivity contribution in [2.24, 2.45) is 5.73 Å². The number of hydrogen-bond donors (Lipinski definition) is 3. The fourth-order valence-corrected chi connectivity index (χ4v) is 1.79. The van der Waals surface area contributed by atoms with E-state index in [-0.39, 0.29) is 36.7 Å². The Morgan fingerprint density at radius 3 is 2.38 bits per heavy atom. The largest absolute Gasteiger partial charge is 0.354 e. The van der Waals surface area contributed by atoms with Gasteiger partial charge >= 0.3 is 0 Å². The molecule has 1 aromatic rings. The van der Waals surface area contributed by atoms with E-state index in [2.05, 4.69) is 10.6 Å². The SMILES string of the molecule is CC(C)NC(=O)CCNC(=O)C(N)Cc1ccccc1.Cl. The van der Waals surface area contributed by atoms with Crippen molar-refractivity contribution in [3.63, 3.8) is 0 Å². The van der Waals surface area contributed by atoms with Gasteiger partial charge in [-0.25, -0.2) is 0 Å². The van der Waals surface area contributed by atoms with Gasteiger partial charge in [-0.2, -0.15) is 0 Å². The van der Waals surface area contributed by atoms with E-state index in [0.717, 1.165) is 5.56 Å². The lowest BCUT2D eigenvalue weighted by Gasteiger charge is -2.13. The van der Waals surface area contributed by atoms with E-state index in [4.69, 9.17) is 5.73 Å². The van der Waals surface area contributed by atoms with Crippen molar-refractivity contribution in [2.45, 2.75) is 38.8 Å². The molecule has 21 heavy (non-hydrogen) atoms. The molecule has 0 heterocycles. The molecule has 0 aliphatic carbocycles. The second-order valence-corrected chi connectivity index (χ2v) is 5.06. The van der Waals surface area contributed by atoms with Crippen LogP contribution in [-0.2, 0) is 16.0 Å². The standard InChI is InChI=1S/C15H23N3O2.ClH/c1-11(2)18-14(19)8-9-17-15(20)13(16)10-12-6-4-3-5-7-12;/h3-7,11,13H,8-10,16H2,1-2H3,(H,17,20)(H,18,19);1H. The molecule has 6 heteroatoms. The van der Waals surface area contributed by atoms with E-state index in [0.29, 0.717) is 13.0 Å². The molecule has 4 N–H and O–H groups in total. The third-order valence-electron chi connectivity index (χ3n) is 2.74. The second kappa shape index (κ2) is 10.2. The van der Waals surface area contributed by atoms with E-state index in [9.17, 15) is 9.59 Å². The van der Waals surface area contributed by atoms with Gasteiger partial charge in [-0.15, -0.1) is 12.4 Å². The molecule has 0 aliphatic rings. The smallest absolute Gasteiger partial charge is 0.237 e. The number of rotatable bonds is 7. The van der Waals surface area contributed by atoms with Crippen LogP contribution in [0.2, 0.25) is 0 Å². The van der Waals surface area contributed by atoms with Gasteiger partial charge in [0.2, 0.25) is 11.8 Å². The van der Waals surface area contributed by atoms with Crippen LogP contribution in [0, 0.1) is 0 Å². The minimum Gasteiger partial charge on any atom is -0.354 e. The molecular formula is C15H24ClN3O2.